The van der Waals surface area contributed by atoms with E-state index in [1.807, 2.05) is 12.1 Å². The largest absolute Gasteiger partial charge is 0.492 e. The average Bonchev–Trinajstić information content (AvgIpc) is 3.10. The maximum atomic E-state index is 13.8. The molecular formula is C22H27FN2O3S. The number of rotatable bonds is 7. The molecule has 0 bridgehead atoms. The molecule has 3 atom stereocenters. The van der Waals surface area contributed by atoms with Gasteiger partial charge in [-0.15, -0.1) is 0 Å². The van der Waals surface area contributed by atoms with Gasteiger partial charge < -0.3 is 4.74 Å². The Balaban J connectivity index is 1.28. The van der Waals surface area contributed by atoms with E-state index < -0.39 is 15.5 Å². The van der Waals surface area contributed by atoms with Gasteiger partial charge in [0.15, 0.2) is 9.84 Å². The molecule has 0 spiro atoms. The monoisotopic (exact) mass is 418 g/mol. The summed E-state index contributed by atoms with van der Waals surface area (Å²) in [6, 6.07) is 10.5. The van der Waals surface area contributed by atoms with Crippen LogP contribution in [0.1, 0.15) is 13.8 Å². The van der Waals surface area contributed by atoms with E-state index in [9.17, 15) is 12.8 Å². The molecule has 4 rings (SSSR count). The molecule has 2 fully saturated rings. The number of benzene rings is 1. The quantitative estimate of drug-likeness (QED) is 0.689. The van der Waals surface area contributed by atoms with Gasteiger partial charge in [0.25, 0.3) is 0 Å². The van der Waals surface area contributed by atoms with Crippen molar-refractivity contribution in [1.82, 2.24) is 9.88 Å². The van der Waals surface area contributed by atoms with Gasteiger partial charge in [-0.1, -0.05) is 12.1 Å². The lowest BCUT2D eigenvalue weighted by atomic mass is 10.1. The third-order valence-corrected chi connectivity index (χ3v) is 6.93. The minimum Gasteiger partial charge on any atom is -0.492 e. The van der Waals surface area contributed by atoms with Gasteiger partial charge >= 0.3 is 0 Å². The first-order chi connectivity index (χ1) is 13.6. The minimum absolute atomic E-state index is 0.296. The molecule has 1 aromatic heterocycles. The highest BCUT2D eigenvalue weighted by Crippen LogP contribution is 2.52. The SMILES string of the molecule is CC(C)(F)CN1C[C@@H]2C(COc3ccc(-c4ccc(S(C)(=O)=O)cc4)nc3)[C@@H]2C1. The van der Waals surface area contributed by atoms with Crippen LogP contribution in [0.3, 0.4) is 0 Å². The molecule has 156 valence electrons. The average molecular weight is 419 g/mol. The third kappa shape index (κ3) is 4.78. The van der Waals surface area contributed by atoms with Gasteiger partial charge in [0.2, 0.25) is 0 Å². The van der Waals surface area contributed by atoms with Crippen molar-refractivity contribution in [3.8, 4) is 17.0 Å². The molecule has 1 saturated carbocycles. The standard InChI is InChI=1S/C22H27FN2O3S/c1-22(2,23)14-25-11-18-19(12-25)20(18)13-28-16-6-9-21(24-10-16)15-4-7-17(8-5-15)29(3,26)27/h4-10,18-20H,11-14H2,1-3H3/t18-,19+,20?. The highest BCUT2D eigenvalue weighted by Gasteiger charge is 2.56. The van der Waals surface area contributed by atoms with E-state index in [0.29, 0.717) is 35.8 Å². The summed E-state index contributed by atoms with van der Waals surface area (Å²) in [4.78, 5) is 6.95. The first-order valence-corrected chi connectivity index (χ1v) is 11.8. The normalized spacial score (nSPS) is 24.3. The van der Waals surface area contributed by atoms with Gasteiger partial charge in [0.05, 0.1) is 23.4 Å². The Kier molecular flexibility index (Phi) is 5.15. The summed E-state index contributed by atoms with van der Waals surface area (Å²) >= 11 is 0. The lowest BCUT2D eigenvalue weighted by Crippen LogP contribution is -2.36. The Hall–Kier alpha value is -1.99. The van der Waals surface area contributed by atoms with E-state index in [-0.39, 0.29) is 0 Å². The van der Waals surface area contributed by atoms with Crippen molar-refractivity contribution < 1.29 is 17.5 Å². The molecular weight excluding hydrogens is 391 g/mol. The van der Waals surface area contributed by atoms with E-state index in [2.05, 4.69) is 9.88 Å². The van der Waals surface area contributed by atoms with Gasteiger partial charge in [-0.05, 0) is 49.9 Å². The van der Waals surface area contributed by atoms with Crippen LogP contribution in [0.2, 0.25) is 0 Å². The number of hydrogen-bond donors (Lipinski definition) is 0. The number of ether oxygens (including phenoxy) is 1. The molecule has 2 aliphatic rings. The topological polar surface area (TPSA) is 59.5 Å². The van der Waals surface area contributed by atoms with Gasteiger partial charge in [0, 0.05) is 37.4 Å². The second-order valence-corrected chi connectivity index (χ2v) is 10.9. The number of halogens is 1. The molecule has 7 heteroatoms. The number of alkyl halides is 1. The van der Waals surface area contributed by atoms with Crippen LogP contribution in [0, 0.1) is 17.8 Å². The van der Waals surface area contributed by atoms with Gasteiger partial charge in [-0.3, -0.25) is 9.88 Å². The summed E-state index contributed by atoms with van der Waals surface area (Å²) in [7, 11) is -3.20. The molecule has 1 aromatic carbocycles. The number of sulfone groups is 1. The lowest BCUT2D eigenvalue weighted by Gasteiger charge is -2.25. The van der Waals surface area contributed by atoms with Crippen LogP contribution in [0.4, 0.5) is 4.39 Å². The highest BCUT2D eigenvalue weighted by atomic mass is 32.2. The minimum atomic E-state index is -3.20. The predicted molar refractivity (Wildman–Crippen MR) is 110 cm³/mol. The van der Waals surface area contributed by atoms with Crippen LogP contribution in [0.25, 0.3) is 11.3 Å². The molecule has 0 N–H and O–H groups in total. The van der Waals surface area contributed by atoms with Crippen molar-refractivity contribution in [1.29, 1.82) is 0 Å². The summed E-state index contributed by atoms with van der Waals surface area (Å²) in [5.74, 6) is 2.53. The number of hydrogen-bond acceptors (Lipinski definition) is 5. The number of fused-ring (bicyclic) bond motifs is 1. The fraction of sp³-hybridized carbons (Fsp3) is 0.500. The smallest absolute Gasteiger partial charge is 0.175 e. The molecule has 1 aliphatic heterocycles. The summed E-state index contributed by atoms with van der Waals surface area (Å²) in [6.45, 7) is 6.37. The zero-order valence-electron chi connectivity index (χ0n) is 17.0. The zero-order valence-corrected chi connectivity index (χ0v) is 17.8. The van der Waals surface area contributed by atoms with E-state index in [0.717, 1.165) is 30.1 Å². The molecule has 2 heterocycles. The summed E-state index contributed by atoms with van der Waals surface area (Å²) in [5.41, 5.74) is 0.489. The molecule has 1 unspecified atom stereocenters. The maximum absolute atomic E-state index is 13.8. The first-order valence-electron chi connectivity index (χ1n) is 9.91. The molecule has 2 aromatic rings. The van der Waals surface area contributed by atoms with Crippen molar-refractivity contribution in [2.75, 3.05) is 32.5 Å². The number of pyridine rings is 1. The van der Waals surface area contributed by atoms with Crippen LogP contribution in [-0.4, -0.2) is 56.5 Å². The van der Waals surface area contributed by atoms with Crippen LogP contribution in [-0.2, 0) is 9.84 Å². The summed E-state index contributed by atoms with van der Waals surface area (Å²) in [6.07, 6.45) is 2.90. The highest BCUT2D eigenvalue weighted by molar-refractivity contribution is 7.90. The fourth-order valence-corrected chi connectivity index (χ4v) is 4.98. The maximum Gasteiger partial charge on any atom is 0.175 e. The Morgan fingerprint density at radius 1 is 1.14 bits per heavy atom. The molecule has 1 aliphatic carbocycles. The van der Waals surface area contributed by atoms with Crippen molar-refractivity contribution in [2.24, 2.45) is 17.8 Å². The Morgan fingerprint density at radius 3 is 2.31 bits per heavy atom. The molecule has 0 amide bonds. The third-order valence-electron chi connectivity index (χ3n) is 5.80. The molecule has 29 heavy (non-hydrogen) atoms. The Morgan fingerprint density at radius 2 is 1.79 bits per heavy atom. The molecule has 1 saturated heterocycles. The lowest BCUT2D eigenvalue weighted by molar-refractivity contribution is 0.126. The van der Waals surface area contributed by atoms with Crippen molar-refractivity contribution in [3.63, 3.8) is 0 Å². The van der Waals surface area contributed by atoms with Gasteiger partial charge in [-0.2, -0.15) is 0 Å². The van der Waals surface area contributed by atoms with Crippen molar-refractivity contribution >= 4 is 9.84 Å². The summed E-state index contributed by atoms with van der Waals surface area (Å²) in [5, 5.41) is 0. The second kappa shape index (κ2) is 7.36. The molecule has 0 radical (unpaired) electrons. The number of aromatic nitrogens is 1. The number of likely N-dealkylation sites (tertiary alicyclic amines) is 1. The van der Waals surface area contributed by atoms with E-state index in [4.69, 9.17) is 4.74 Å². The Bertz CT molecular complexity index is 957. The van der Waals surface area contributed by atoms with Gasteiger partial charge in [0.1, 0.15) is 11.4 Å². The van der Waals surface area contributed by atoms with E-state index in [1.165, 1.54) is 6.26 Å². The van der Waals surface area contributed by atoms with Crippen molar-refractivity contribution in [3.05, 3.63) is 42.6 Å². The van der Waals surface area contributed by atoms with Crippen LogP contribution in [0.5, 0.6) is 5.75 Å². The second-order valence-electron chi connectivity index (χ2n) is 8.89. The zero-order chi connectivity index (χ0) is 20.8. The first kappa shape index (κ1) is 20.3. The van der Waals surface area contributed by atoms with Crippen molar-refractivity contribution in [2.45, 2.75) is 24.4 Å². The predicted octanol–water partition coefficient (Wildman–Crippen LogP) is 3.46. The summed E-state index contributed by atoms with van der Waals surface area (Å²) < 4.78 is 42.8. The fourth-order valence-electron chi connectivity index (χ4n) is 4.35. The molecule has 5 nitrogen and oxygen atoms in total. The number of piperidine rings is 1. The van der Waals surface area contributed by atoms with E-state index >= 15 is 0 Å². The van der Waals surface area contributed by atoms with Crippen LogP contribution >= 0.6 is 0 Å². The van der Waals surface area contributed by atoms with Gasteiger partial charge in [-0.25, -0.2) is 12.8 Å². The van der Waals surface area contributed by atoms with Crippen LogP contribution in [0.15, 0.2) is 47.5 Å². The Labute approximate surface area is 171 Å². The van der Waals surface area contributed by atoms with Crippen LogP contribution < -0.4 is 4.74 Å². The number of nitrogens with zero attached hydrogens (tertiary/aromatic N) is 2. The van der Waals surface area contributed by atoms with E-state index in [1.54, 1.807) is 44.3 Å².